The summed E-state index contributed by atoms with van der Waals surface area (Å²) in [5.74, 6) is 0. The maximum absolute atomic E-state index is 6.03. The minimum atomic E-state index is -0.516. The summed E-state index contributed by atoms with van der Waals surface area (Å²) >= 11 is -0.516. The first kappa shape index (κ1) is 13.8. The third-order valence-electron chi connectivity index (χ3n) is 2.27. The van der Waals surface area contributed by atoms with Gasteiger partial charge in [0.1, 0.15) is 0 Å². The third kappa shape index (κ3) is 3.43. The average Bonchev–Trinajstić information content (AvgIpc) is 2.16. The van der Waals surface area contributed by atoms with Crippen LogP contribution < -0.4 is 3.69 Å². The molecule has 0 fully saturated rings. The van der Waals surface area contributed by atoms with Crippen LogP contribution in [-0.4, -0.2) is 19.3 Å². The molecule has 0 saturated heterocycles. The summed E-state index contributed by atoms with van der Waals surface area (Å²) in [4.78, 5) is 0. The van der Waals surface area contributed by atoms with E-state index in [9.17, 15) is 0 Å². The first-order chi connectivity index (χ1) is 5.83. The first-order valence-electron chi connectivity index (χ1n) is 4.49. The van der Waals surface area contributed by atoms with Crippen LogP contribution in [0.5, 0.6) is 0 Å². The molecule has 0 bridgehead atoms. The second-order valence-corrected chi connectivity index (χ2v) is 4.67. The first-order valence-corrected chi connectivity index (χ1v) is 7.33. The summed E-state index contributed by atoms with van der Waals surface area (Å²) in [5.41, 5.74) is 2.91. The minimum absolute atomic E-state index is 0. The molecule has 0 saturated carbocycles. The Labute approximate surface area is 104 Å². The van der Waals surface area contributed by atoms with Crippen LogP contribution >= 0.6 is 26.1 Å². The van der Waals surface area contributed by atoms with E-state index in [0.29, 0.717) is 0 Å². The molecule has 0 aromatic heterocycles. The summed E-state index contributed by atoms with van der Waals surface area (Å²) in [7, 11) is 6.03. The smallest absolute Gasteiger partial charge is 0.336 e. The predicted octanol–water partition coefficient (Wildman–Crippen LogP) is 2.87. The molecule has 0 unspecified atom stereocenters. The summed E-state index contributed by atoms with van der Waals surface area (Å²) in [6.07, 6.45) is 2.23. The standard InChI is InChI=1S/C10H13.BrH.ClH.Mg/c1-3-9-6-5-7-10(4-2)8-9;;;/h5-7H,3-4H2,1-2H3;2*1H;/q;;;+1/p-1. The zero-order valence-electron chi connectivity index (χ0n) is 8.14. The summed E-state index contributed by atoms with van der Waals surface area (Å²) < 4.78 is 1.48. The SMILES string of the molecule is Br.CCc1cccc(CC)[c]1[Mg][Cl]. The largest absolute Gasteiger partial charge is 0.539 e. The van der Waals surface area contributed by atoms with Crippen molar-refractivity contribution in [3.8, 4) is 0 Å². The van der Waals surface area contributed by atoms with Crippen molar-refractivity contribution in [1.82, 2.24) is 0 Å². The predicted molar refractivity (Wildman–Crippen MR) is 66.8 cm³/mol. The number of benzene rings is 1. The van der Waals surface area contributed by atoms with Gasteiger partial charge in [-0.05, 0) is 12.8 Å². The molecule has 0 heterocycles. The quantitative estimate of drug-likeness (QED) is 0.743. The van der Waals surface area contributed by atoms with Gasteiger partial charge >= 0.3 is 19.3 Å². The second-order valence-electron chi connectivity index (χ2n) is 2.90. The van der Waals surface area contributed by atoms with Gasteiger partial charge in [-0.2, -0.15) is 0 Å². The van der Waals surface area contributed by atoms with Gasteiger partial charge in [0.15, 0.2) is 0 Å². The summed E-state index contributed by atoms with van der Waals surface area (Å²) in [6.45, 7) is 4.39. The number of rotatable bonds is 3. The Bertz CT molecular complexity index is 241. The number of hydrogen-bond donors (Lipinski definition) is 0. The van der Waals surface area contributed by atoms with E-state index in [1.165, 1.54) is 14.8 Å². The summed E-state index contributed by atoms with van der Waals surface area (Å²) in [6, 6.07) is 6.54. The summed E-state index contributed by atoms with van der Waals surface area (Å²) in [5, 5.41) is 0. The Hall–Kier alpha value is 0.756. The van der Waals surface area contributed by atoms with Crippen LogP contribution in [0.25, 0.3) is 0 Å². The van der Waals surface area contributed by atoms with E-state index in [0.717, 1.165) is 12.8 Å². The Morgan fingerprint density at radius 2 is 1.62 bits per heavy atom. The van der Waals surface area contributed by atoms with Crippen LogP contribution in [0.15, 0.2) is 18.2 Å². The van der Waals surface area contributed by atoms with Gasteiger partial charge in [0.25, 0.3) is 0 Å². The van der Waals surface area contributed by atoms with Crippen molar-refractivity contribution in [3.63, 3.8) is 0 Å². The molecule has 0 amide bonds. The lowest BCUT2D eigenvalue weighted by Crippen LogP contribution is -2.19. The van der Waals surface area contributed by atoms with E-state index >= 15 is 0 Å². The molecule has 1 aromatic rings. The molecule has 0 aliphatic rings. The van der Waals surface area contributed by atoms with E-state index in [-0.39, 0.29) is 17.0 Å². The van der Waals surface area contributed by atoms with Crippen LogP contribution in [0.4, 0.5) is 0 Å². The molecular weight excluding hydrogens is 260 g/mol. The number of hydrogen-bond acceptors (Lipinski definition) is 0. The van der Waals surface area contributed by atoms with Gasteiger partial charge in [-0.15, -0.1) is 20.7 Å². The van der Waals surface area contributed by atoms with Crippen molar-refractivity contribution in [2.75, 3.05) is 0 Å². The van der Waals surface area contributed by atoms with Crippen LogP contribution in [0.1, 0.15) is 25.0 Å². The highest BCUT2D eigenvalue weighted by Gasteiger charge is 2.06. The zero-order valence-corrected chi connectivity index (χ0v) is 12.0. The Morgan fingerprint density at radius 3 is 1.92 bits per heavy atom. The van der Waals surface area contributed by atoms with Crippen molar-refractivity contribution in [1.29, 1.82) is 0 Å². The van der Waals surface area contributed by atoms with Crippen LogP contribution in [0.3, 0.4) is 0 Å². The lowest BCUT2D eigenvalue weighted by Gasteiger charge is -2.09. The fourth-order valence-corrected chi connectivity index (χ4v) is 3.63. The highest BCUT2D eigenvalue weighted by atomic mass is 79.9. The van der Waals surface area contributed by atoms with Crippen LogP contribution in [0.2, 0.25) is 0 Å². The zero-order chi connectivity index (χ0) is 8.97. The molecule has 0 atom stereocenters. The van der Waals surface area contributed by atoms with Gasteiger partial charge in [-0.3, -0.25) is 0 Å². The van der Waals surface area contributed by atoms with Crippen molar-refractivity contribution >= 4 is 49.0 Å². The molecule has 0 aliphatic carbocycles. The molecule has 0 spiro atoms. The van der Waals surface area contributed by atoms with E-state index in [1.807, 2.05) is 0 Å². The molecule has 0 aliphatic heterocycles. The maximum atomic E-state index is 6.03. The molecule has 0 nitrogen and oxygen atoms in total. The maximum Gasteiger partial charge on any atom is 0.539 e. The molecule has 0 radical (unpaired) electrons. The van der Waals surface area contributed by atoms with E-state index in [2.05, 4.69) is 32.0 Å². The molecule has 13 heavy (non-hydrogen) atoms. The van der Waals surface area contributed by atoms with Crippen molar-refractivity contribution < 1.29 is 0 Å². The van der Waals surface area contributed by atoms with E-state index in [1.54, 1.807) is 0 Å². The van der Waals surface area contributed by atoms with Gasteiger partial charge in [-0.25, -0.2) is 0 Å². The van der Waals surface area contributed by atoms with Gasteiger partial charge in [-0.1, -0.05) is 43.2 Å². The average molecular weight is 274 g/mol. The lowest BCUT2D eigenvalue weighted by molar-refractivity contribution is 1.11. The number of halogens is 2. The normalized spacial score (nSPS) is 8.85. The molecule has 3 heteroatoms. The topological polar surface area (TPSA) is 0 Å². The van der Waals surface area contributed by atoms with Crippen LogP contribution in [-0.2, 0) is 12.8 Å². The van der Waals surface area contributed by atoms with Crippen molar-refractivity contribution in [2.24, 2.45) is 0 Å². The lowest BCUT2D eigenvalue weighted by atomic mass is 10.1. The fourth-order valence-electron chi connectivity index (χ4n) is 1.52. The molecule has 1 aromatic carbocycles. The highest BCUT2D eigenvalue weighted by Crippen LogP contribution is 2.04. The fraction of sp³-hybridized carbons (Fsp3) is 0.400. The van der Waals surface area contributed by atoms with Crippen molar-refractivity contribution in [3.05, 3.63) is 29.3 Å². The van der Waals surface area contributed by atoms with Gasteiger partial charge in [0, 0.05) is 0 Å². The molecule has 1 rings (SSSR count). The van der Waals surface area contributed by atoms with Gasteiger partial charge < -0.3 is 9.07 Å². The van der Waals surface area contributed by atoms with Crippen LogP contribution in [0, 0.1) is 0 Å². The minimum Gasteiger partial charge on any atom is -0.336 e. The van der Waals surface area contributed by atoms with E-state index < -0.39 is 19.3 Å². The molecule has 0 N–H and O–H groups in total. The number of aryl methyl sites for hydroxylation is 2. The van der Waals surface area contributed by atoms with Crippen molar-refractivity contribution in [2.45, 2.75) is 26.7 Å². The monoisotopic (exact) mass is 272 g/mol. The Balaban J connectivity index is 0.00000144. The molecule has 70 valence electrons. The third-order valence-corrected chi connectivity index (χ3v) is 4.24. The Morgan fingerprint density at radius 1 is 1.15 bits per heavy atom. The van der Waals surface area contributed by atoms with Gasteiger partial charge in [0.2, 0.25) is 0 Å². The highest BCUT2D eigenvalue weighted by molar-refractivity contribution is 8.93. The Kier molecular flexibility index (Phi) is 7.51. The van der Waals surface area contributed by atoms with Gasteiger partial charge in [0.05, 0.1) is 0 Å². The second kappa shape index (κ2) is 7.10. The molecular formula is C10H14BrClMg. The van der Waals surface area contributed by atoms with E-state index in [4.69, 9.17) is 9.07 Å².